The molecule has 1 saturated heterocycles. The Hall–Kier alpha value is -4.91. The maximum absolute atomic E-state index is 14.3. The monoisotopic (exact) mass is 694 g/mol. The molecule has 1 aliphatic rings. The number of rotatable bonds is 12. The standard InChI is InChI=1S/C36H34F4N4O4S/c37-30-9-7-27(36(38,39)40)18-26(30)21-42-34(47)25-11-13-41-32(19-25)29-20-28(44-14-2-1-3-15-44)8-10-31(29)43-35(48)24-6-4-5-23(17-24)22-49-16-12-33(45)46/h4-11,13,17-20H,1-3,12,14-16,21-22H2,(H,42,47)(H,43,48)(H,45,46). The Labute approximate surface area is 284 Å². The number of aromatic nitrogens is 1. The van der Waals surface area contributed by atoms with Crippen molar-refractivity contribution in [1.29, 1.82) is 0 Å². The number of piperidine rings is 1. The van der Waals surface area contributed by atoms with Gasteiger partial charge in [-0.1, -0.05) is 12.1 Å². The van der Waals surface area contributed by atoms with Crippen molar-refractivity contribution < 1.29 is 37.1 Å². The zero-order chi connectivity index (χ0) is 35.0. The van der Waals surface area contributed by atoms with Crippen molar-refractivity contribution in [2.75, 3.05) is 29.1 Å². The number of thioether (sulfide) groups is 1. The van der Waals surface area contributed by atoms with E-state index in [4.69, 9.17) is 5.11 Å². The van der Waals surface area contributed by atoms with E-state index in [0.29, 0.717) is 46.1 Å². The van der Waals surface area contributed by atoms with E-state index >= 15 is 0 Å². The van der Waals surface area contributed by atoms with Crippen molar-refractivity contribution in [3.05, 3.63) is 113 Å². The first-order valence-corrected chi connectivity index (χ1v) is 16.8. The van der Waals surface area contributed by atoms with Gasteiger partial charge in [0.1, 0.15) is 5.82 Å². The highest BCUT2D eigenvalue weighted by atomic mass is 32.2. The Morgan fingerprint density at radius 1 is 0.898 bits per heavy atom. The first-order chi connectivity index (χ1) is 23.5. The van der Waals surface area contributed by atoms with Crippen molar-refractivity contribution in [1.82, 2.24) is 10.3 Å². The average molecular weight is 695 g/mol. The first-order valence-electron chi connectivity index (χ1n) is 15.7. The van der Waals surface area contributed by atoms with Gasteiger partial charge in [-0.3, -0.25) is 19.4 Å². The van der Waals surface area contributed by atoms with Gasteiger partial charge in [-0.25, -0.2) is 4.39 Å². The molecule has 1 aliphatic heterocycles. The zero-order valence-electron chi connectivity index (χ0n) is 26.4. The number of hydrogen-bond donors (Lipinski definition) is 3. The second-order valence-corrected chi connectivity index (χ2v) is 12.6. The minimum atomic E-state index is -4.66. The van der Waals surface area contributed by atoms with Gasteiger partial charge in [0, 0.05) is 65.3 Å². The van der Waals surface area contributed by atoms with Gasteiger partial charge in [-0.05, 0) is 85.5 Å². The van der Waals surface area contributed by atoms with Crippen LogP contribution in [0.3, 0.4) is 0 Å². The summed E-state index contributed by atoms with van der Waals surface area (Å²) >= 11 is 1.46. The fourth-order valence-electron chi connectivity index (χ4n) is 5.43. The largest absolute Gasteiger partial charge is 0.481 e. The quantitative estimate of drug-likeness (QED) is 0.103. The molecule has 256 valence electrons. The molecule has 49 heavy (non-hydrogen) atoms. The minimum Gasteiger partial charge on any atom is -0.481 e. The topological polar surface area (TPSA) is 112 Å². The number of carbonyl (C=O) groups is 3. The predicted octanol–water partition coefficient (Wildman–Crippen LogP) is 7.79. The number of halogens is 4. The van der Waals surface area contributed by atoms with E-state index in [1.165, 1.54) is 30.1 Å². The number of hydrogen-bond acceptors (Lipinski definition) is 6. The van der Waals surface area contributed by atoms with E-state index in [-0.39, 0.29) is 23.5 Å². The van der Waals surface area contributed by atoms with Crippen LogP contribution in [-0.4, -0.2) is 46.7 Å². The van der Waals surface area contributed by atoms with Gasteiger partial charge in [-0.2, -0.15) is 24.9 Å². The normalized spacial score (nSPS) is 13.2. The molecule has 1 aromatic heterocycles. The Kier molecular flexibility index (Phi) is 11.6. The highest BCUT2D eigenvalue weighted by molar-refractivity contribution is 7.98. The summed E-state index contributed by atoms with van der Waals surface area (Å²) in [5, 5.41) is 14.3. The highest BCUT2D eigenvalue weighted by Crippen LogP contribution is 2.34. The lowest BCUT2D eigenvalue weighted by molar-refractivity contribution is -0.138. The molecule has 0 saturated carbocycles. The number of carboxylic acid groups (broad SMARTS) is 1. The van der Waals surface area contributed by atoms with Gasteiger partial charge >= 0.3 is 12.1 Å². The third kappa shape index (κ3) is 9.59. The highest BCUT2D eigenvalue weighted by Gasteiger charge is 2.31. The van der Waals surface area contributed by atoms with Gasteiger partial charge in [0.2, 0.25) is 0 Å². The molecule has 0 spiro atoms. The van der Waals surface area contributed by atoms with Crippen molar-refractivity contribution in [3.63, 3.8) is 0 Å². The van der Waals surface area contributed by atoms with Gasteiger partial charge in [0.25, 0.3) is 11.8 Å². The summed E-state index contributed by atoms with van der Waals surface area (Å²) in [5.74, 6) is -1.76. The molecular weight excluding hydrogens is 660 g/mol. The van der Waals surface area contributed by atoms with Gasteiger partial charge in [-0.15, -0.1) is 0 Å². The summed E-state index contributed by atoms with van der Waals surface area (Å²) in [5.41, 5.74) is 2.39. The molecule has 4 aromatic rings. The van der Waals surface area contributed by atoms with E-state index in [2.05, 4.69) is 20.5 Å². The SMILES string of the molecule is O=C(O)CCSCc1cccc(C(=O)Nc2ccc(N3CCCCC3)cc2-c2cc(C(=O)NCc3cc(C(F)(F)F)ccc3F)ccn2)c1. The smallest absolute Gasteiger partial charge is 0.416 e. The molecule has 1 fully saturated rings. The Morgan fingerprint density at radius 2 is 1.67 bits per heavy atom. The summed E-state index contributed by atoms with van der Waals surface area (Å²) in [7, 11) is 0. The summed E-state index contributed by atoms with van der Waals surface area (Å²) < 4.78 is 53.8. The summed E-state index contributed by atoms with van der Waals surface area (Å²) in [6.45, 7) is 1.27. The maximum Gasteiger partial charge on any atom is 0.416 e. The number of nitrogens with zero attached hydrogens (tertiary/aromatic N) is 2. The number of nitrogens with one attached hydrogen (secondary N) is 2. The van der Waals surface area contributed by atoms with Gasteiger partial charge in [0.05, 0.1) is 23.4 Å². The second-order valence-electron chi connectivity index (χ2n) is 11.5. The van der Waals surface area contributed by atoms with Crippen molar-refractivity contribution >= 4 is 40.9 Å². The average Bonchev–Trinajstić information content (AvgIpc) is 3.09. The molecule has 2 heterocycles. The van der Waals surface area contributed by atoms with Crippen molar-refractivity contribution in [3.8, 4) is 11.3 Å². The summed E-state index contributed by atoms with van der Waals surface area (Å²) in [4.78, 5) is 44.1. The number of carbonyl (C=O) groups excluding carboxylic acids is 2. The van der Waals surface area contributed by atoms with E-state index in [1.807, 2.05) is 18.2 Å². The third-order valence-corrected chi connectivity index (χ3v) is 9.03. The molecule has 2 amide bonds. The number of amides is 2. The van der Waals surface area contributed by atoms with Crippen LogP contribution in [0.1, 0.15) is 63.1 Å². The third-order valence-electron chi connectivity index (χ3n) is 8.00. The van der Waals surface area contributed by atoms with Crippen LogP contribution in [0.25, 0.3) is 11.3 Å². The molecular formula is C36H34F4N4O4S. The zero-order valence-corrected chi connectivity index (χ0v) is 27.2. The molecule has 0 atom stereocenters. The van der Waals surface area contributed by atoms with Crippen LogP contribution < -0.4 is 15.5 Å². The van der Waals surface area contributed by atoms with Gasteiger partial charge in [0.15, 0.2) is 0 Å². The molecule has 8 nitrogen and oxygen atoms in total. The predicted molar refractivity (Wildman–Crippen MR) is 181 cm³/mol. The number of benzene rings is 3. The fourth-order valence-corrected chi connectivity index (χ4v) is 6.31. The Morgan fingerprint density at radius 3 is 2.43 bits per heavy atom. The van der Waals surface area contributed by atoms with E-state index in [0.717, 1.165) is 49.7 Å². The molecule has 0 radical (unpaired) electrons. The number of anilines is 2. The first kappa shape index (κ1) is 35.4. The van der Waals surface area contributed by atoms with Crippen LogP contribution in [0, 0.1) is 5.82 Å². The van der Waals surface area contributed by atoms with Crippen LogP contribution in [0.5, 0.6) is 0 Å². The summed E-state index contributed by atoms with van der Waals surface area (Å²) in [6, 6.07) is 17.6. The molecule has 13 heteroatoms. The van der Waals surface area contributed by atoms with Crippen LogP contribution in [0.15, 0.2) is 79.0 Å². The minimum absolute atomic E-state index is 0.0479. The van der Waals surface area contributed by atoms with Crippen molar-refractivity contribution in [2.45, 2.75) is 44.2 Å². The van der Waals surface area contributed by atoms with Crippen LogP contribution in [0.4, 0.5) is 28.9 Å². The number of carboxylic acids is 1. The van der Waals surface area contributed by atoms with Gasteiger partial charge < -0.3 is 20.6 Å². The molecule has 0 bridgehead atoms. The molecule has 0 unspecified atom stereocenters. The summed E-state index contributed by atoms with van der Waals surface area (Å²) in [6.07, 6.45) is 0.0234. The molecule has 3 aromatic carbocycles. The van der Waals surface area contributed by atoms with E-state index < -0.39 is 36.0 Å². The lowest BCUT2D eigenvalue weighted by Crippen LogP contribution is -2.29. The van der Waals surface area contributed by atoms with E-state index in [9.17, 15) is 31.9 Å². The maximum atomic E-state index is 14.3. The molecule has 0 aliphatic carbocycles. The Bertz CT molecular complexity index is 1830. The van der Waals surface area contributed by atoms with Crippen molar-refractivity contribution in [2.24, 2.45) is 0 Å². The van der Waals surface area contributed by atoms with Crippen LogP contribution >= 0.6 is 11.8 Å². The van der Waals surface area contributed by atoms with E-state index in [1.54, 1.807) is 24.3 Å². The lowest BCUT2D eigenvalue weighted by atomic mass is 10.0. The second kappa shape index (κ2) is 16.0. The number of pyridine rings is 1. The number of alkyl halides is 3. The van der Waals surface area contributed by atoms with Crippen LogP contribution in [0.2, 0.25) is 0 Å². The fraction of sp³-hybridized carbons (Fsp3) is 0.278. The lowest BCUT2D eigenvalue weighted by Gasteiger charge is -2.29. The number of aliphatic carboxylic acids is 1. The molecule has 3 N–H and O–H groups in total. The van der Waals surface area contributed by atoms with Crippen LogP contribution in [-0.2, 0) is 23.3 Å². The molecule has 5 rings (SSSR count). The Balaban J connectivity index is 1.38.